The summed E-state index contributed by atoms with van der Waals surface area (Å²) in [5.41, 5.74) is 3.82. The number of carbonyl (C=O) groups excluding carboxylic acids is 3. The quantitative estimate of drug-likeness (QED) is 0.456. The van der Waals surface area contributed by atoms with E-state index in [0.717, 1.165) is 42.0 Å². The molecule has 0 aromatic heterocycles. The number of rotatable bonds is 5. The molecule has 0 spiro atoms. The molecule has 0 bridgehead atoms. The first-order chi connectivity index (χ1) is 13.1. The Morgan fingerprint density at radius 3 is 2.44 bits per heavy atom. The van der Waals surface area contributed by atoms with E-state index in [1.54, 1.807) is 0 Å². The van der Waals surface area contributed by atoms with Crippen LogP contribution in [0.15, 0.2) is 35.9 Å². The number of imide groups is 2. The van der Waals surface area contributed by atoms with E-state index in [1.807, 2.05) is 12.1 Å². The van der Waals surface area contributed by atoms with Crippen LogP contribution in [0, 0.1) is 0 Å². The summed E-state index contributed by atoms with van der Waals surface area (Å²) in [5, 5.41) is 0. The molecule has 1 aromatic rings. The van der Waals surface area contributed by atoms with Crippen LogP contribution >= 0.6 is 0 Å². The van der Waals surface area contributed by atoms with Gasteiger partial charge in [0.15, 0.2) is 0 Å². The molecule has 2 aliphatic heterocycles. The van der Waals surface area contributed by atoms with Crippen molar-refractivity contribution >= 4 is 17.8 Å². The topological polar surface area (TPSA) is 60.9 Å². The first kappa shape index (κ1) is 17.9. The Morgan fingerprint density at radius 2 is 1.67 bits per heavy atom. The molecule has 1 saturated heterocycles. The lowest BCUT2D eigenvalue weighted by atomic mass is 9.97. The Morgan fingerprint density at radius 1 is 0.889 bits per heavy atom. The summed E-state index contributed by atoms with van der Waals surface area (Å²) < 4.78 is 0. The number of hydrogen-bond donors (Lipinski definition) is 0. The van der Waals surface area contributed by atoms with Gasteiger partial charge in [-0.25, -0.2) is 9.69 Å². The lowest BCUT2D eigenvalue weighted by Crippen LogP contribution is -2.44. The monoisotopic (exact) mass is 367 g/mol. The van der Waals surface area contributed by atoms with Gasteiger partial charge < -0.3 is 0 Å². The second kappa shape index (κ2) is 7.64. The average Bonchev–Trinajstić information content (AvgIpc) is 2.90. The molecule has 0 saturated carbocycles. The summed E-state index contributed by atoms with van der Waals surface area (Å²) in [5.74, 6) is -1.38. The van der Waals surface area contributed by atoms with Gasteiger partial charge in [-0.15, -0.1) is 0 Å². The predicted molar refractivity (Wildman–Crippen MR) is 101 cm³/mol. The zero-order valence-electron chi connectivity index (χ0n) is 15.5. The van der Waals surface area contributed by atoms with E-state index in [-0.39, 0.29) is 6.67 Å². The van der Waals surface area contributed by atoms with E-state index in [0.29, 0.717) is 19.5 Å². The van der Waals surface area contributed by atoms with Crippen molar-refractivity contribution in [2.45, 2.75) is 45.1 Å². The van der Waals surface area contributed by atoms with E-state index < -0.39 is 17.8 Å². The van der Waals surface area contributed by atoms with Crippen LogP contribution < -0.4 is 0 Å². The third-order valence-electron chi connectivity index (χ3n) is 5.73. The highest BCUT2D eigenvalue weighted by Gasteiger charge is 2.44. The molecule has 6 nitrogen and oxygen atoms in total. The van der Waals surface area contributed by atoms with Crippen molar-refractivity contribution in [2.24, 2.45) is 0 Å². The minimum absolute atomic E-state index is 0.178. The van der Waals surface area contributed by atoms with Crippen molar-refractivity contribution in [1.29, 1.82) is 0 Å². The molecule has 142 valence electrons. The standard InChI is InChI=1S/C21H25N3O3/c25-19-20(26)24(15-22-12-11-17-8-4-5-9-18(17)14-22)21(27)23(19)13-10-16-6-2-1-3-7-16/h4-6,8-9H,1-3,7,10-15H2. The Balaban J connectivity index is 1.39. The maximum absolute atomic E-state index is 12.7. The van der Waals surface area contributed by atoms with Crippen LogP contribution in [0.5, 0.6) is 0 Å². The number of nitrogens with zero attached hydrogens (tertiary/aromatic N) is 3. The molecule has 1 aromatic carbocycles. The molecule has 1 aliphatic carbocycles. The molecule has 27 heavy (non-hydrogen) atoms. The fourth-order valence-electron chi connectivity index (χ4n) is 4.13. The fourth-order valence-corrected chi connectivity index (χ4v) is 4.13. The van der Waals surface area contributed by atoms with Gasteiger partial charge >= 0.3 is 17.8 Å². The van der Waals surface area contributed by atoms with Crippen LogP contribution in [-0.2, 0) is 22.6 Å². The van der Waals surface area contributed by atoms with Gasteiger partial charge in [0.2, 0.25) is 0 Å². The molecular formula is C21H25N3O3. The largest absolute Gasteiger partial charge is 0.335 e. The maximum atomic E-state index is 12.7. The molecular weight excluding hydrogens is 342 g/mol. The van der Waals surface area contributed by atoms with E-state index in [4.69, 9.17) is 0 Å². The molecule has 0 radical (unpaired) electrons. The second-order valence-electron chi connectivity index (χ2n) is 7.54. The van der Waals surface area contributed by atoms with Crippen molar-refractivity contribution < 1.29 is 14.4 Å². The summed E-state index contributed by atoms with van der Waals surface area (Å²) >= 11 is 0. The molecule has 0 N–H and O–H groups in total. The lowest BCUT2D eigenvalue weighted by Gasteiger charge is -2.30. The summed E-state index contributed by atoms with van der Waals surface area (Å²) in [6, 6.07) is 7.74. The first-order valence-corrected chi connectivity index (χ1v) is 9.78. The minimum Gasteiger partial charge on any atom is -0.281 e. The Labute approximate surface area is 159 Å². The molecule has 0 unspecified atom stereocenters. The minimum atomic E-state index is -0.698. The maximum Gasteiger partial charge on any atom is 0.335 e. The third-order valence-corrected chi connectivity index (χ3v) is 5.73. The average molecular weight is 367 g/mol. The van der Waals surface area contributed by atoms with Crippen LogP contribution in [-0.4, -0.2) is 52.3 Å². The SMILES string of the molecule is O=C1C(=O)N(CN2CCc3ccccc3C2)C(=O)N1CCC1=CCCCC1. The summed E-state index contributed by atoms with van der Waals surface area (Å²) in [6.45, 7) is 1.94. The molecule has 1 fully saturated rings. The summed E-state index contributed by atoms with van der Waals surface area (Å²) in [4.78, 5) is 41.6. The van der Waals surface area contributed by atoms with E-state index in [1.165, 1.54) is 23.1 Å². The molecule has 4 rings (SSSR count). The highest BCUT2D eigenvalue weighted by atomic mass is 16.2. The second-order valence-corrected chi connectivity index (χ2v) is 7.54. The van der Waals surface area contributed by atoms with Gasteiger partial charge in [-0.3, -0.25) is 19.4 Å². The zero-order valence-corrected chi connectivity index (χ0v) is 15.5. The van der Waals surface area contributed by atoms with E-state index >= 15 is 0 Å². The molecule has 3 aliphatic rings. The van der Waals surface area contributed by atoms with Crippen LogP contribution in [0.1, 0.15) is 43.2 Å². The zero-order chi connectivity index (χ0) is 18.8. The number of urea groups is 1. The Kier molecular flexibility index (Phi) is 5.07. The van der Waals surface area contributed by atoms with Crippen molar-refractivity contribution in [3.63, 3.8) is 0 Å². The Bertz CT molecular complexity index is 802. The Hall–Kier alpha value is -2.47. The van der Waals surface area contributed by atoms with E-state index in [9.17, 15) is 14.4 Å². The number of carbonyl (C=O) groups is 3. The highest BCUT2D eigenvalue weighted by molar-refractivity contribution is 6.44. The van der Waals surface area contributed by atoms with Gasteiger partial charge in [-0.1, -0.05) is 35.9 Å². The normalized spacial score (nSPS) is 20.9. The lowest BCUT2D eigenvalue weighted by molar-refractivity contribution is -0.144. The number of amides is 4. The van der Waals surface area contributed by atoms with Crippen LogP contribution in [0.4, 0.5) is 4.79 Å². The predicted octanol–water partition coefficient (Wildman–Crippen LogP) is 2.68. The van der Waals surface area contributed by atoms with Gasteiger partial charge in [0.05, 0.1) is 6.67 Å². The van der Waals surface area contributed by atoms with Gasteiger partial charge in [0.1, 0.15) is 0 Å². The summed E-state index contributed by atoms with van der Waals surface area (Å²) in [7, 11) is 0. The van der Waals surface area contributed by atoms with Crippen LogP contribution in [0.25, 0.3) is 0 Å². The van der Waals surface area contributed by atoms with Gasteiger partial charge in [0, 0.05) is 19.6 Å². The van der Waals surface area contributed by atoms with Gasteiger partial charge in [-0.05, 0) is 49.7 Å². The van der Waals surface area contributed by atoms with Crippen molar-refractivity contribution in [3.8, 4) is 0 Å². The number of benzene rings is 1. The third kappa shape index (κ3) is 3.67. The van der Waals surface area contributed by atoms with Crippen molar-refractivity contribution in [1.82, 2.24) is 14.7 Å². The number of fused-ring (bicyclic) bond motifs is 1. The smallest absolute Gasteiger partial charge is 0.281 e. The van der Waals surface area contributed by atoms with Crippen molar-refractivity contribution in [2.75, 3.05) is 19.8 Å². The number of hydrogen-bond acceptors (Lipinski definition) is 4. The van der Waals surface area contributed by atoms with Gasteiger partial charge in [-0.2, -0.15) is 0 Å². The molecule has 4 amide bonds. The molecule has 6 heteroatoms. The summed E-state index contributed by atoms with van der Waals surface area (Å²) in [6.07, 6.45) is 8.23. The first-order valence-electron chi connectivity index (χ1n) is 9.78. The van der Waals surface area contributed by atoms with Crippen LogP contribution in [0.3, 0.4) is 0 Å². The van der Waals surface area contributed by atoms with Crippen LogP contribution in [0.2, 0.25) is 0 Å². The fraction of sp³-hybridized carbons (Fsp3) is 0.476. The van der Waals surface area contributed by atoms with Gasteiger partial charge in [0.25, 0.3) is 0 Å². The molecule has 0 atom stereocenters. The number of allylic oxidation sites excluding steroid dienone is 1. The van der Waals surface area contributed by atoms with E-state index in [2.05, 4.69) is 23.1 Å². The molecule has 2 heterocycles. The highest BCUT2D eigenvalue weighted by Crippen LogP contribution is 2.23. The van der Waals surface area contributed by atoms with Crippen molar-refractivity contribution in [3.05, 3.63) is 47.0 Å².